The van der Waals surface area contributed by atoms with Crippen LogP contribution in [0.15, 0.2) is 84.8 Å². The van der Waals surface area contributed by atoms with Crippen molar-refractivity contribution in [2.45, 2.75) is 141 Å². The van der Waals surface area contributed by atoms with E-state index in [1.54, 1.807) is 0 Å². The summed E-state index contributed by atoms with van der Waals surface area (Å²) in [7, 11) is 0. The summed E-state index contributed by atoms with van der Waals surface area (Å²) >= 11 is 0. The molecule has 4 aromatic carbocycles. The molecule has 0 spiro atoms. The van der Waals surface area contributed by atoms with Crippen LogP contribution in [0.5, 0.6) is 0 Å². The molecule has 0 saturated heterocycles. The van der Waals surface area contributed by atoms with Gasteiger partial charge >= 0.3 is 0 Å². The number of ketones is 1. The molecule has 0 aliphatic carbocycles. The van der Waals surface area contributed by atoms with Crippen molar-refractivity contribution in [1.82, 2.24) is 9.97 Å². The zero-order chi connectivity index (χ0) is 48.0. The van der Waals surface area contributed by atoms with Gasteiger partial charge in [-0.25, -0.2) is 0 Å². The molecule has 1 N–H and O–H groups in total. The average molecular weight is 999 g/mol. The van der Waals surface area contributed by atoms with Crippen molar-refractivity contribution in [3.63, 3.8) is 0 Å². The van der Waals surface area contributed by atoms with E-state index in [-0.39, 0.29) is 67.4 Å². The maximum absolute atomic E-state index is 11.9. The summed E-state index contributed by atoms with van der Waals surface area (Å²) in [6, 6.07) is 23.7. The molecule has 0 atom stereocenters. The summed E-state index contributed by atoms with van der Waals surface area (Å²) in [5.74, 6) is 1.13. The van der Waals surface area contributed by atoms with Crippen LogP contribution < -0.4 is 0 Å². The summed E-state index contributed by atoms with van der Waals surface area (Å²) in [5, 5.41) is 13.5. The largest absolute Gasteiger partial charge is 0.512 e. The van der Waals surface area contributed by atoms with Crippen LogP contribution >= 0.6 is 0 Å². The standard InChI is InChI=1S/2C21H22N.C14H26O2.Ir/c2*1-13(2)19-12-17-6-7-22-21(20(17)11-16(19)5)18-9-14(3)8-15(4)10-18;1-6-11(7-2)12(15)10-13(16)14(5,8-3)9-4;/h2*6-9,11-13H,1-5H3;10-11,16H,6-9H2,1-5H3;/q2*-1;;/b;;13-10-;/i2*6D,7D;;. The molecule has 0 saturated carbocycles. The summed E-state index contributed by atoms with van der Waals surface area (Å²) in [4.78, 5) is 20.7. The number of rotatable bonds is 11. The van der Waals surface area contributed by atoms with Gasteiger partial charge in [0.05, 0.1) is 5.48 Å². The monoisotopic (exact) mass is 1000 g/mol. The fourth-order valence-corrected chi connectivity index (χ4v) is 7.89. The molecular formula is C56H70IrN2O2-2. The van der Waals surface area contributed by atoms with E-state index < -0.39 is 0 Å². The van der Waals surface area contributed by atoms with Crippen molar-refractivity contribution in [2.75, 3.05) is 0 Å². The third-order valence-corrected chi connectivity index (χ3v) is 11.9. The predicted molar refractivity (Wildman–Crippen MR) is 257 cm³/mol. The Bertz CT molecular complexity index is 2480. The van der Waals surface area contributed by atoms with Crippen LogP contribution in [0.3, 0.4) is 0 Å². The van der Waals surface area contributed by atoms with Gasteiger partial charge in [0.25, 0.3) is 0 Å². The Kier molecular flexibility index (Phi) is 16.5. The second-order valence-electron chi connectivity index (χ2n) is 17.4. The van der Waals surface area contributed by atoms with E-state index in [0.717, 1.165) is 92.0 Å². The van der Waals surface area contributed by atoms with Gasteiger partial charge in [0, 0.05) is 49.9 Å². The quantitative estimate of drug-likeness (QED) is 0.0798. The number of allylic oxidation sites excluding steroid dienone is 2. The smallest absolute Gasteiger partial charge is 0.162 e. The number of fused-ring (bicyclic) bond motifs is 2. The van der Waals surface area contributed by atoms with Gasteiger partial charge in [0.2, 0.25) is 0 Å². The van der Waals surface area contributed by atoms with Crippen molar-refractivity contribution in [3.05, 3.63) is 141 Å². The fourth-order valence-electron chi connectivity index (χ4n) is 7.89. The Balaban J connectivity index is 0.000000264. The normalized spacial score (nSPS) is 12.6. The molecule has 0 amide bonds. The van der Waals surface area contributed by atoms with Gasteiger partial charge < -0.3 is 15.1 Å². The first-order valence-corrected chi connectivity index (χ1v) is 21.8. The number of pyridine rings is 2. The average Bonchev–Trinajstić information content (AvgIpc) is 3.22. The van der Waals surface area contributed by atoms with Gasteiger partial charge in [0.1, 0.15) is 5.76 Å². The number of aryl methyl sites for hydroxylation is 6. The Labute approximate surface area is 387 Å². The summed E-state index contributed by atoms with van der Waals surface area (Å²) < 4.78 is 32.8. The van der Waals surface area contributed by atoms with E-state index in [4.69, 9.17) is 5.48 Å². The molecule has 6 aromatic rings. The number of aliphatic hydroxyl groups is 1. The Hall–Kier alpha value is -4.44. The second-order valence-corrected chi connectivity index (χ2v) is 17.4. The molecule has 1 radical (unpaired) electrons. The van der Waals surface area contributed by atoms with Crippen molar-refractivity contribution in [3.8, 4) is 22.5 Å². The topological polar surface area (TPSA) is 63.1 Å². The van der Waals surface area contributed by atoms with Gasteiger partial charge in [-0.05, 0) is 119 Å². The third kappa shape index (κ3) is 12.8. The van der Waals surface area contributed by atoms with Crippen LogP contribution in [0.25, 0.3) is 44.1 Å². The zero-order valence-corrected chi connectivity index (χ0v) is 41.7. The van der Waals surface area contributed by atoms with Gasteiger partial charge in [-0.3, -0.25) is 4.79 Å². The van der Waals surface area contributed by atoms with Crippen LogP contribution in [0.1, 0.15) is 150 Å². The molecular weight excluding hydrogens is 925 g/mol. The minimum absolute atomic E-state index is 0. The van der Waals surface area contributed by atoms with E-state index in [0.29, 0.717) is 11.8 Å². The molecule has 6 rings (SSSR count). The molecule has 0 fully saturated rings. The number of hydrogen-bond donors (Lipinski definition) is 1. The number of carbonyl (C=O) groups excluding carboxylic acids is 1. The van der Waals surface area contributed by atoms with Crippen LogP contribution in [0.4, 0.5) is 0 Å². The number of nitrogens with zero attached hydrogens (tertiary/aromatic N) is 2. The zero-order valence-electron chi connectivity index (χ0n) is 43.3. The molecule has 0 unspecified atom stereocenters. The second kappa shape index (κ2) is 22.6. The van der Waals surface area contributed by atoms with Gasteiger partial charge in [-0.2, -0.15) is 0 Å². The Morgan fingerprint density at radius 3 is 1.41 bits per heavy atom. The third-order valence-electron chi connectivity index (χ3n) is 11.9. The van der Waals surface area contributed by atoms with Crippen molar-refractivity contribution >= 4 is 27.3 Å². The number of hydrogen-bond acceptors (Lipinski definition) is 4. The van der Waals surface area contributed by atoms with Crippen LogP contribution in [0, 0.1) is 65.0 Å². The summed E-state index contributed by atoms with van der Waals surface area (Å²) in [5.41, 5.74) is 12.3. The van der Waals surface area contributed by atoms with E-state index in [9.17, 15) is 9.90 Å². The number of carbonyl (C=O) groups is 1. The molecule has 327 valence electrons. The van der Waals surface area contributed by atoms with Crippen molar-refractivity contribution in [1.29, 1.82) is 0 Å². The SMILES string of the molecule is CCC(CC)C(=O)/C=C(\O)C(C)(CC)CC.[2H]c1nc(-c2[c-]c(C)cc(C)c2)c2cc(C)c(C(C)C)cc2c1[2H].[2H]c1nc(-c2[c-]c(C)cc(C)c2)c2cc(C)c(C(C)C)cc2c1[2H].[Ir]. The predicted octanol–water partition coefficient (Wildman–Crippen LogP) is 15.8. The molecule has 61 heavy (non-hydrogen) atoms. The summed E-state index contributed by atoms with van der Waals surface area (Å²) in [6.45, 7) is 31.0. The Morgan fingerprint density at radius 2 is 1.08 bits per heavy atom. The Morgan fingerprint density at radius 1 is 0.689 bits per heavy atom. The number of benzene rings is 4. The molecule has 4 nitrogen and oxygen atoms in total. The maximum Gasteiger partial charge on any atom is 0.162 e. The van der Waals surface area contributed by atoms with E-state index in [1.165, 1.54) is 28.3 Å². The van der Waals surface area contributed by atoms with E-state index in [1.807, 2.05) is 60.6 Å². The molecule has 5 heteroatoms. The molecule has 2 aromatic heterocycles. The first-order valence-electron chi connectivity index (χ1n) is 23.8. The van der Waals surface area contributed by atoms with Crippen molar-refractivity contribution in [2.24, 2.45) is 11.3 Å². The van der Waals surface area contributed by atoms with Crippen LogP contribution in [-0.2, 0) is 24.9 Å². The minimum Gasteiger partial charge on any atom is -0.512 e. The van der Waals surface area contributed by atoms with Crippen LogP contribution in [-0.4, -0.2) is 20.9 Å². The van der Waals surface area contributed by atoms with E-state index in [2.05, 4.69) is 114 Å². The molecule has 0 aliphatic heterocycles. The van der Waals surface area contributed by atoms with Crippen LogP contribution in [0.2, 0.25) is 0 Å². The maximum atomic E-state index is 11.9. The number of aliphatic hydroxyl groups excluding tert-OH is 1. The molecule has 2 heterocycles. The van der Waals surface area contributed by atoms with Crippen molar-refractivity contribution < 1.29 is 35.5 Å². The minimum atomic E-state index is -0.248. The fraction of sp³-hybridized carbons (Fsp3) is 0.411. The first kappa shape index (κ1) is 44.6. The number of aromatic nitrogens is 2. The van der Waals surface area contributed by atoms with Gasteiger partial charge in [-0.15, -0.1) is 69.8 Å². The van der Waals surface area contributed by atoms with E-state index >= 15 is 0 Å². The van der Waals surface area contributed by atoms with Gasteiger partial charge in [-0.1, -0.05) is 114 Å². The molecule has 0 aliphatic rings. The summed E-state index contributed by atoms with van der Waals surface area (Å²) in [6.07, 6.45) is 4.86. The van der Waals surface area contributed by atoms with Gasteiger partial charge in [0.15, 0.2) is 5.78 Å². The first-order chi connectivity index (χ1) is 30.0. The molecule has 0 bridgehead atoms.